The average Bonchev–Trinajstić information content (AvgIpc) is 3.14. The van der Waals surface area contributed by atoms with Crippen molar-refractivity contribution in [2.75, 3.05) is 25.0 Å². The van der Waals surface area contributed by atoms with Gasteiger partial charge >= 0.3 is 0 Å². The summed E-state index contributed by atoms with van der Waals surface area (Å²) in [6.45, 7) is 5.66. The number of aryl methyl sites for hydroxylation is 1. The number of rotatable bonds is 6. The maximum Gasteiger partial charge on any atom is 0.260 e. The van der Waals surface area contributed by atoms with Gasteiger partial charge in [0.2, 0.25) is 5.91 Å². The molecular formula is C23H30F2N4O2. The van der Waals surface area contributed by atoms with Gasteiger partial charge in [-0.25, -0.2) is 13.5 Å². The zero-order valence-electron chi connectivity index (χ0n) is 18.1. The summed E-state index contributed by atoms with van der Waals surface area (Å²) in [5.74, 6) is 1.67. The highest BCUT2D eigenvalue weighted by atomic mass is 19.3. The van der Waals surface area contributed by atoms with E-state index in [0.717, 1.165) is 29.8 Å². The van der Waals surface area contributed by atoms with Gasteiger partial charge in [0, 0.05) is 25.2 Å². The molecule has 1 fully saturated rings. The average molecular weight is 433 g/mol. The Morgan fingerprint density at radius 1 is 1.32 bits per heavy atom. The number of nitrogens with one attached hydrogen (secondary N) is 1. The maximum absolute atomic E-state index is 13.7. The molecule has 1 amide bonds. The molecule has 2 aromatic rings. The van der Waals surface area contributed by atoms with Gasteiger partial charge in [0.15, 0.2) is 0 Å². The molecule has 8 heteroatoms. The topological polar surface area (TPSA) is 59.4 Å². The Labute approximate surface area is 181 Å². The van der Waals surface area contributed by atoms with Crippen molar-refractivity contribution in [2.24, 2.45) is 5.92 Å². The Kier molecular flexibility index (Phi) is 6.43. The van der Waals surface area contributed by atoms with Crippen LogP contribution >= 0.6 is 0 Å². The molecule has 1 aromatic carbocycles. The van der Waals surface area contributed by atoms with Gasteiger partial charge < -0.3 is 15.0 Å². The Hall–Kier alpha value is -2.64. The molecule has 1 saturated heterocycles. The van der Waals surface area contributed by atoms with Gasteiger partial charge in [0.25, 0.3) is 6.43 Å². The summed E-state index contributed by atoms with van der Waals surface area (Å²) in [5.41, 5.74) is 1.67. The molecule has 4 rings (SSSR count). The van der Waals surface area contributed by atoms with E-state index >= 15 is 0 Å². The molecule has 0 bridgehead atoms. The van der Waals surface area contributed by atoms with Crippen molar-refractivity contribution >= 4 is 11.7 Å². The van der Waals surface area contributed by atoms with Crippen LogP contribution in [0.3, 0.4) is 0 Å². The largest absolute Gasteiger partial charge is 0.494 e. The SMILES string of the molecule is CCOc1ccc(CC(=O)N2CCC[C@@H]([C@@H]3C[C@H](C(F)F)n4nc(C)cc4N3)C2)cc1. The fourth-order valence-electron chi connectivity index (χ4n) is 4.73. The molecule has 1 N–H and O–H groups in total. The first-order chi connectivity index (χ1) is 14.9. The zero-order valence-corrected chi connectivity index (χ0v) is 18.1. The number of hydrogen-bond donors (Lipinski definition) is 1. The van der Waals surface area contributed by atoms with Crippen molar-refractivity contribution in [2.45, 2.75) is 58.0 Å². The van der Waals surface area contributed by atoms with E-state index in [0.29, 0.717) is 38.4 Å². The van der Waals surface area contributed by atoms with Crippen LogP contribution in [0.5, 0.6) is 5.75 Å². The van der Waals surface area contributed by atoms with Crippen molar-refractivity contribution in [3.8, 4) is 5.75 Å². The maximum atomic E-state index is 13.7. The first kappa shape index (κ1) is 21.6. The fraction of sp³-hybridized carbons (Fsp3) is 0.565. The van der Waals surface area contributed by atoms with Crippen LogP contribution in [0.1, 0.15) is 43.5 Å². The number of fused-ring (bicyclic) bond motifs is 1. The summed E-state index contributed by atoms with van der Waals surface area (Å²) in [6, 6.07) is 8.40. The molecule has 0 aliphatic carbocycles. The van der Waals surface area contributed by atoms with Crippen molar-refractivity contribution < 1.29 is 18.3 Å². The van der Waals surface area contributed by atoms with Crippen LogP contribution < -0.4 is 10.1 Å². The number of hydrogen-bond acceptors (Lipinski definition) is 4. The number of amides is 1. The van der Waals surface area contributed by atoms with Gasteiger partial charge in [-0.1, -0.05) is 12.1 Å². The van der Waals surface area contributed by atoms with Crippen LogP contribution in [0.4, 0.5) is 14.6 Å². The predicted octanol–water partition coefficient (Wildman–Crippen LogP) is 4.06. The molecule has 0 saturated carbocycles. The first-order valence-corrected chi connectivity index (χ1v) is 11.0. The van der Waals surface area contributed by atoms with Gasteiger partial charge in [-0.05, 0) is 56.7 Å². The van der Waals surface area contributed by atoms with Crippen LogP contribution in [0, 0.1) is 12.8 Å². The van der Waals surface area contributed by atoms with Crippen LogP contribution in [0.25, 0.3) is 0 Å². The lowest BCUT2D eigenvalue weighted by Crippen LogP contribution is -2.48. The van der Waals surface area contributed by atoms with E-state index in [4.69, 9.17) is 4.74 Å². The number of alkyl halides is 2. The number of ether oxygens (including phenoxy) is 1. The second-order valence-electron chi connectivity index (χ2n) is 8.50. The normalized spacial score (nSPS) is 23.4. The molecule has 1 aromatic heterocycles. The predicted molar refractivity (Wildman–Crippen MR) is 115 cm³/mol. The van der Waals surface area contributed by atoms with E-state index in [1.165, 1.54) is 4.68 Å². The summed E-state index contributed by atoms with van der Waals surface area (Å²) in [4.78, 5) is 14.8. The monoisotopic (exact) mass is 432 g/mol. The highest BCUT2D eigenvalue weighted by molar-refractivity contribution is 5.79. The molecular weight excluding hydrogens is 402 g/mol. The molecule has 168 valence electrons. The van der Waals surface area contributed by atoms with E-state index in [1.807, 2.05) is 49.1 Å². The van der Waals surface area contributed by atoms with E-state index in [-0.39, 0.29) is 17.9 Å². The molecule has 0 unspecified atom stereocenters. The third kappa shape index (κ3) is 4.83. The van der Waals surface area contributed by atoms with Gasteiger partial charge in [-0.3, -0.25) is 4.79 Å². The lowest BCUT2D eigenvalue weighted by Gasteiger charge is -2.41. The van der Waals surface area contributed by atoms with Crippen LogP contribution in [-0.2, 0) is 11.2 Å². The van der Waals surface area contributed by atoms with Gasteiger partial charge in [-0.2, -0.15) is 5.10 Å². The number of anilines is 1. The lowest BCUT2D eigenvalue weighted by atomic mass is 9.85. The summed E-state index contributed by atoms with van der Waals surface area (Å²) in [5, 5.41) is 7.66. The minimum absolute atomic E-state index is 0.0796. The van der Waals surface area contributed by atoms with E-state index < -0.39 is 12.5 Å². The smallest absolute Gasteiger partial charge is 0.260 e. The fourth-order valence-corrected chi connectivity index (χ4v) is 4.73. The minimum Gasteiger partial charge on any atom is -0.494 e. The number of carbonyl (C=O) groups excluding carboxylic acids is 1. The lowest BCUT2D eigenvalue weighted by molar-refractivity contribution is -0.132. The van der Waals surface area contributed by atoms with Crippen molar-refractivity contribution in [1.29, 1.82) is 0 Å². The number of benzene rings is 1. The van der Waals surface area contributed by atoms with E-state index in [1.54, 1.807) is 0 Å². The number of likely N-dealkylation sites (tertiary alicyclic amines) is 1. The second kappa shape index (κ2) is 9.24. The molecule has 3 atom stereocenters. The van der Waals surface area contributed by atoms with Crippen molar-refractivity contribution in [1.82, 2.24) is 14.7 Å². The molecule has 0 spiro atoms. The highest BCUT2D eigenvalue weighted by Gasteiger charge is 2.38. The first-order valence-electron chi connectivity index (χ1n) is 11.0. The van der Waals surface area contributed by atoms with Crippen LogP contribution in [0.15, 0.2) is 30.3 Å². The number of halogens is 2. The standard InChI is InChI=1S/C23H30F2N4O2/c1-3-31-18-8-6-16(7-9-18)12-22(30)28-10-4-5-17(14-28)19-13-20(23(24)25)29-21(26-19)11-15(2)27-29/h6-9,11,17,19-20,23,26H,3-5,10,12-14H2,1-2H3/t17-,19+,20-/m1/s1. The van der Waals surface area contributed by atoms with Crippen molar-refractivity contribution in [3.63, 3.8) is 0 Å². The number of piperidine rings is 1. The Bertz CT molecular complexity index is 899. The molecule has 2 aliphatic rings. The van der Waals surface area contributed by atoms with Gasteiger partial charge in [-0.15, -0.1) is 0 Å². The van der Waals surface area contributed by atoms with Crippen LogP contribution in [0.2, 0.25) is 0 Å². The summed E-state index contributed by atoms with van der Waals surface area (Å²) >= 11 is 0. The van der Waals surface area contributed by atoms with Crippen LogP contribution in [-0.4, -0.2) is 52.8 Å². The highest BCUT2D eigenvalue weighted by Crippen LogP contribution is 2.36. The minimum atomic E-state index is -2.47. The summed E-state index contributed by atoms with van der Waals surface area (Å²) < 4.78 is 34.3. The Balaban J connectivity index is 1.40. The quantitative estimate of drug-likeness (QED) is 0.748. The van der Waals surface area contributed by atoms with Gasteiger partial charge in [0.05, 0.1) is 18.7 Å². The third-order valence-electron chi connectivity index (χ3n) is 6.26. The van der Waals surface area contributed by atoms with E-state index in [2.05, 4.69) is 10.4 Å². The molecule has 3 heterocycles. The second-order valence-corrected chi connectivity index (χ2v) is 8.50. The number of aromatic nitrogens is 2. The summed E-state index contributed by atoms with van der Waals surface area (Å²) in [6.07, 6.45) is -0.00725. The van der Waals surface area contributed by atoms with Gasteiger partial charge in [0.1, 0.15) is 17.6 Å². The third-order valence-corrected chi connectivity index (χ3v) is 6.26. The zero-order chi connectivity index (χ0) is 22.0. The van der Waals surface area contributed by atoms with Crippen molar-refractivity contribution in [3.05, 3.63) is 41.6 Å². The summed E-state index contributed by atoms with van der Waals surface area (Å²) in [7, 11) is 0. The Morgan fingerprint density at radius 3 is 2.81 bits per heavy atom. The molecule has 6 nitrogen and oxygen atoms in total. The number of nitrogens with zero attached hydrogens (tertiary/aromatic N) is 3. The van der Waals surface area contributed by atoms with E-state index in [9.17, 15) is 13.6 Å². The molecule has 31 heavy (non-hydrogen) atoms. The molecule has 2 aliphatic heterocycles. The number of carbonyl (C=O) groups is 1. The molecule has 0 radical (unpaired) electrons. The Morgan fingerprint density at radius 2 is 2.10 bits per heavy atom.